The Kier molecular flexibility index (Phi) is 8.96. The van der Waals surface area contributed by atoms with Gasteiger partial charge in [-0.1, -0.05) is 48.5 Å². The first-order valence-electron chi connectivity index (χ1n) is 12.5. The number of hydrogen-bond acceptors (Lipinski definition) is 6. The van der Waals surface area contributed by atoms with Crippen LogP contribution in [-0.2, 0) is 16.1 Å². The van der Waals surface area contributed by atoms with Crippen LogP contribution in [0.4, 0.5) is 4.39 Å². The molecule has 4 rings (SSSR count). The minimum Gasteiger partial charge on any atom is -0.497 e. The van der Waals surface area contributed by atoms with Gasteiger partial charge >= 0.3 is 11.9 Å². The summed E-state index contributed by atoms with van der Waals surface area (Å²) in [5.41, 5.74) is 2.33. The molecule has 9 heteroatoms. The molecule has 8 nitrogen and oxygen atoms in total. The number of carboxylic acid groups (broad SMARTS) is 2. The molecule has 0 aromatic heterocycles. The van der Waals surface area contributed by atoms with E-state index in [0.29, 0.717) is 31.1 Å². The number of halogens is 1. The third kappa shape index (κ3) is 6.63. The smallest absolute Gasteiger partial charge is 0.333 e. The van der Waals surface area contributed by atoms with Crippen molar-refractivity contribution in [2.75, 3.05) is 33.9 Å². The first kappa shape index (κ1) is 27.8. The highest BCUT2D eigenvalue weighted by Gasteiger charge is 2.38. The van der Waals surface area contributed by atoms with E-state index in [1.54, 1.807) is 32.4 Å². The molecule has 2 atom stereocenters. The zero-order valence-corrected chi connectivity index (χ0v) is 21.8. The summed E-state index contributed by atoms with van der Waals surface area (Å²) in [4.78, 5) is 28.2. The molecular formula is C30H31FN2O6. The zero-order valence-electron chi connectivity index (χ0n) is 21.8. The van der Waals surface area contributed by atoms with Crippen LogP contribution in [0.3, 0.4) is 0 Å². The summed E-state index contributed by atoms with van der Waals surface area (Å²) in [6.45, 7) is 1.73. The SMILES string of the molecule is COc1ccc(CN2CCN(C(c3ccccc3)c3ccc(F)cc3)C(/C(=C/C(=O)O)C(=O)O)C2)c(OC)c1. The lowest BCUT2D eigenvalue weighted by molar-refractivity contribution is -0.136. The van der Waals surface area contributed by atoms with E-state index in [0.717, 1.165) is 22.8 Å². The number of carboxylic acids is 2. The molecule has 1 aliphatic rings. The molecule has 204 valence electrons. The highest BCUT2D eigenvalue weighted by atomic mass is 19.1. The van der Waals surface area contributed by atoms with Gasteiger partial charge in [-0.25, -0.2) is 14.0 Å². The fraction of sp³-hybridized carbons (Fsp3) is 0.267. The Labute approximate surface area is 226 Å². The molecule has 0 aliphatic carbocycles. The van der Waals surface area contributed by atoms with Gasteiger partial charge in [0.05, 0.1) is 31.9 Å². The second-order valence-corrected chi connectivity index (χ2v) is 9.27. The van der Waals surface area contributed by atoms with Crippen LogP contribution in [-0.4, -0.2) is 71.8 Å². The standard InChI is InChI=1S/C30H31FN2O6/c1-38-24-13-10-22(27(16-24)39-2)18-32-14-15-33(26(19-32)25(30(36)37)17-28(34)35)29(20-6-4-3-5-7-20)21-8-11-23(31)12-9-21/h3-13,16-17,26,29H,14-15,18-19H2,1-2H3,(H,34,35)(H,36,37)/b25-17-. The molecule has 0 radical (unpaired) electrons. The van der Waals surface area contributed by atoms with Gasteiger partial charge in [-0.3, -0.25) is 9.80 Å². The van der Waals surface area contributed by atoms with E-state index in [9.17, 15) is 24.2 Å². The van der Waals surface area contributed by atoms with E-state index in [1.807, 2.05) is 47.4 Å². The third-order valence-electron chi connectivity index (χ3n) is 6.91. The highest BCUT2D eigenvalue weighted by molar-refractivity contribution is 5.95. The second kappa shape index (κ2) is 12.6. The molecule has 2 unspecified atom stereocenters. The maximum absolute atomic E-state index is 13.8. The molecule has 0 saturated carbocycles. The van der Waals surface area contributed by atoms with Crippen molar-refractivity contribution < 1.29 is 33.7 Å². The molecule has 1 fully saturated rings. The summed E-state index contributed by atoms with van der Waals surface area (Å²) in [6, 6.07) is 20.0. The Morgan fingerprint density at radius 1 is 0.974 bits per heavy atom. The van der Waals surface area contributed by atoms with E-state index in [-0.39, 0.29) is 17.9 Å². The van der Waals surface area contributed by atoms with Crippen LogP contribution >= 0.6 is 0 Å². The minimum atomic E-state index is -1.33. The normalized spacial score (nSPS) is 17.4. The van der Waals surface area contributed by atoms with Gasteiger partial charge < -0.3 is 19.7 Å². The number of rotatable bonds is 10. The second-order valence-electron chi connectivity index (χ2n) is 9.27. The fourth-order valence-electron chi connectivity index (χ4n) is 5.10. The molecule has 3 aromatic carbocycles. The molecule has 0 bridgehead atoms. The Morgan fingerprint density at radius 3 is 2.28 bits per heavy atom. The quantitative estimate of drug-likeness (QED) is 0.373. The van der Waals surface area contributed by atoms with Crippen molar-refractivity contribution in [3.05, 3.63) is 107 Å². The average Bonchev–Trinajstić information content (AvgIpc) is 2.94. The molecule has 0 amide bonds. The topological polar surface area (TPSA) is 99.5 Å². The van der Waals surface area contributed by atoms with Crippen LogP contribution in [0.15, 0.2) is 84.4 Å². The Balaban J connectivity index is 1.75. The van der Waals surface area contributed by atoms with Crippen LogP contribution in [0.25, 0.3) is 0 Å². The minimum absolute atomic E-state index is 0.225. The van der Waals surface area contributed by atoms with Crippen molar-refractivity contribution in [1.29, 1.82) is 0 Å². The molecule has 0 spiro atoms. The number of benzene rings is 3. The average molecular weight is 535 g/mol. The molecule has 2 N–H and O–H groups in total. The molecule has 1 heterocycles. The summed E-state index contributed by atoms with van der Waals surface area (Å²) < 4.78 is 24.7. The Bertz CT molecular complexity index is 1330. The van der Waals surface area contributed by atoms with Crippen molar-refractivity contribution in [3.8, 4) is 11.5 Å². The van der Waals surface area contributed by atoms with Gasteiger partial charge in [0.1, 0.15) is 17.3 Å². The van der Waals surface area contributed by atoms with Gasteiger partial charge in [0.2, 0.25) is 0 Å². The molecular weight excluding hydrogens is 503 g/mol. The Morgan fingerprint density at radius 2 is 1.67 bits per heavy atom. The number of piperazine rings is 1. The van der Waals surface area contributed by atoms with E-state index < -0.39 is 24.0 Å². The van der Waals surface area contributed by atoms with Crippen molar-refractivity contribution in [3.63, 3.8) is 0 Å². The first-order chi connectivity index (χ1) is 18.8. The summed E-state index contributed by atoms with van der Waals surface area (Å²) in [7, 11) is 3.15. The summed E-state index contributed by atoms with van der Waals surface area (Å²) >= 11 is 0. The fourth-order valence-corrected chi connectivity index (χ4v) is 5.10. The van der Waals surface area contributed by atoms with Crippen LogP contribution in [0.2, 0.25) is 0 Å². The monoisotopic (exact) mass is 534 g/mol. The van der Waals surface area contributed by atoms with Gasteiger partial charge in [0, 0.05) is 43.9 Å². The molecule has 3 aromatic rings. The van der Waals surface area contributed by atoms with Crippen molar-refractivity contribution in [2.45, 2.75) is 18.6 Å². The van der Waals surface area contributed by atoms with Gasteiger partial charge in [-0.2, -0.15) is 0 Å². The summed E-state index contributed by atoms with van der Waals surface area (Å²) in [5.74, 6) is -1.72. The van der Waals surface area contributed by atoms with Gasteiger partial charge in [-0.05, 0) is 29.3 Å². The first-order valence-corrected chi connectivity index (χ1v) is 12.5. The maximum Gasteiger partial charge on any atom is 0.333 e. The lowest BCUT2D eigenvalue weighted by Gasteiger charge is -2.46. The van der Waals surface area contributed by atoms with Crippen LogP contribution in [0, 0.1) is 5.82 Å². The van der Waals surface area contributed by atoms with Gasteiger partial charge in [-0.15, -0.1) is 0 Å². The van der Waals surface area contributed by atoms with Crippen LogP contribution < -0.4 is 9.47 Å². The highest BCUT2D eigenvalue weighted by Crippen LogP contribution is 2.35. The van der Waals surface area contributed by atoms with Crippen LogP contribution in [0.5, 0.6) is 11.5 Å². The number of carbonyl (C=O) groups is 2. The van der Waals surface area contributed by atoms with Crippen molar-refractivity contribution in [1.82, 2.24) is 9.80 Å². The third-order valence-corrected chi connectivity index (χ3v) is 6.91. The van der Waals surface area contributed by atoms with Crippen LogP contribution in [0.1, 0.15) is 22.7 Å². The summed E-state index contributed by atoms with van der Waals surface area (Å²) in [5, 5.41) is 19.6. The number of hydrogen-bond donors (Lipinski definition) is 2. The van der Waals surface area contributed by atoms with E-state index in [2.05, 4.69) is 4.90 Å². The number of aliphatic carboxylic acids is 2. The van der Waals surface area contributed by atoms with E-state index in [1.165, 1.54) is 12.1 Å². The number of nitrogens with zero attached hydrogens (tertiary/aromatic N) is 2. The predicted octanol–water partition coefficient (Wildman–Crippen LogP) is 4.21. The summed E-state index contributed by atoms with van der Waals surface area (Å²) in [6.07, 6.45) is 0.768. The van der Waals surface area contributed by atoms with Gasteiger partial charge in [0.25, 0.3) is 0 Å². The molecule has 39 heavy (non-hydrogen) atoms. The molecule has 1 aliphatic heterocycles. The number of ether oxygens (including phenoxy) is 2. The lowest BCUT2D eigenvalue weighted by atomic mass is 9.91. The maximum atomic E-state index is 13.8. The Hall–Kier alpha value is -4.21. The van der Waals surface area contributed by atoms with Crippen molar-refractivity contribution in [2.24, 2.45) is 0 Å². The van der Waals surface area contributed by atoms with Gasteiger partial charge in [0.15, 0.2) is 0 Å². The van der Waals surface area contributed by atoms with E-state index in [4.69, 9.17) is 9.47 Å². The lowest BCUT2D eigenvalue weighted by Crippen LogP contribution is -2.55. The molecule has 1 saturated heterocycles. The largest absolute Gasteiger partial charge is 0.497 e. The zero-order chi connectivity index (χ0) is 27.9. The predicted molar refractivity (Wildman–Crippen MR) is 143 cm³/mol. The van der Waals surface area contributed by atoms with E-state index >= 15 is 0 Å². The van der Waals surface area contributed by atoms with Crippen molar-refractivity contribution >= 4 is 11.9 Å². The number of methoxy groups -OCH3 is 2.